The Morgan fingerprint density at radius 1 is 1.36 bits per heavy atom. The molecular weight excluding hydrogens is 280 g/mol. The fraction of sp³-hybridized carbons (Fsp3) is 0.353. The Kier molecular flexibility index (Phi) is 4.62. The molecule has 0 saturated heterocycles. The number of ether oxygens (including phenoxy) is 1. The van der Waals surface area contributed by atoms with Crippen molar-refractivity contribution in [3.63, 3.8) is 0 Å². The summed E-state index contributed by atoms with van der Waals surface area (Å²) in [7, 11) is 0. The van der Waals surface area contributed by atoms with Crippen LogP contribution in [0.3, 0.4) is 0 Å². The first-order valence-electron chi connectivity index (χ1n) is 7.24. The van der Waals surface area contributed by atoms with Gasteiger partial charge in [-0.05, 0) is 18.9 Å². The highest BCUT2D eigenvalue weighted by Crippen LogP contribution is 2.38. The van der Waals surface area contributed by atoms with Crippen LogP contribution in [0.25, 0.3) is 5.57 Å². The number of benzene rings is 1. The highest BCUT2D eigenvalue weighted by atomic mass is 16.5. The first-order chi connectivity index (χ1) is 10.5. The number of fused-ring (bicyclic) bond motifs is 1. The molecule has 1 amide bonds. The number of hydrogen-bond donors (Lipinski definition) is 0. The number of carbonyl (C=O) groups excluding carboxylic acids is 2. The highest BCUT2D eigenvalue weighted by Gasteiger charge is 2.36. The van der Waals surface area contributed by atoms with Crippen LogP contribution in [0.2, 0.25) is 0 Å². The lowest BCUT2D eigenvalue weighted by molar-refractivity contribution is -0.138. The molecule has 5 heteroatoms. The van der Waals surface area contributed by atoms with Gasteiger partial charge in [0.1, 0.15) is 6.07 Å². The minimum atomic E-state index is -0.755. The Bertz CT molecular complexity index is 683. The summed E-state index contributed by atoms with van der Waals surface area (Å²) in [6.45, 7) is 6.36. The van der Waals surface area contributed by atoms with Crippen molar-refractivity contribution in [2.45, 2.75) is 20.8 Å². The van der Waals surface area contributed by atoms with Crippen molar-refractivity contribution in [2.75, 3.05) is 18.1 Å². The van der Waals surface area contributed by atoms with Crippen molar-refractivity contribution >= 4 is 23.1 Å². The van der Waals surface area contributed by atoms with Crippen LogP contribution in [-0.2, 0) is 14.3 Å². The van der Waals surface area contributed by atoms with Gasteiger partial charge in [0, 0.05) is 12.1 Å². The van der Waals surface area contributed by atoms with Crippen LogP contribution in [0.15, 0.2) is 29.8 Å². The minimum Gasteiger partial charge on any atom is -0.462 e. The molecule has 1 aromatic rings. The van der Waals surface area contributed by atoms with Crippen LogP contribution < -0.4 is 4.90 Å². The fourth-order valence-electron chi connectivity index (χ4n) is 2.47. The fourth-order valence-corrected chi connectivity index (χ4v) is 2.47. The van der Waals surface area contributed by atoms with Gasteiger partial charge in [0.2, 0.25) is 0 Å². The van der Waals surface area contributed by atoms with Gasteiger partial charge >= 0.3 is 5.97 Å². The smallest absolute Gasteiger partial charge is 0.349 e. The van der Waals surface area contributed by atoms with Gasteiger partial charge in [0.15, 0.2) is 5.57 Å². The van der Waals surface area contributed by atoms with Gasteiger partial charge in [-0.1, -0.05) is 32.0 Å². The number of para-hydroxylation sites is 1. The first kappa shape index (κ1) is 15.8. The maximum atomic E-state index is 12.7. The summed E-state index contributed by atoms with van der Waals surface area (Å²) in [5, 5.41) is 9.32. The molecule has 0 bridgehead atoms. The summed E-state index contributed by atoms with van der Waals surface area (Å²) in [6.07, 6.45) is 0. The van der Waals surface area contributed by atoms with Gasteiger partial charge in [-0.3, -0.25) is 4.79 Å². The third-order valence-electron chi connectivity index (χ3n) is 3.31. The minimum absolute atomic E-state index is 0.136. The summed E-state index contributed by atoms with van der Waals surface area (Å²) in [5.41, 5.74) is 1.24. The van der Waals surface area contributed by atoms with E-state index in [1.807, 2.05) is 32.0 Å². The molecule has 0 N–H and O–H groups in total. The van der Waals surface area contributed by atoms with Crippen molar-refractivity contribution in [2.24, 2.45) is 5.92 Å². The zero-order valence-electron chi connectivity index (χ0n) is 12.9. The number of nitriles is 1. The second-order valence-corrected chi connectivity index (χ2v) is 5.41. The number of hydrogen-bond acceptors (Lipinski definition) is 4. The van der Waals surface area contributed by atoms with Crippen molar-refractivity contribution in [3.8, 4) is 6.07 Å². The molecule has 2 rings (SSSR count). The molecule has 1 aromatic carbocycles. The second kappa shape index (κ2) is 6.44. The lowest BCUT2D eigenvalue weighted by atomic mass is 10.0. The predicted molar refractivity (Wildman–Crippen MR) is 82.8 cm³/mol. The largest absolute Gasteiger partial charge is 0.462 e. The average molecular weight is 298 g/mol. The van der Waals surface area contributed by atoms with Crippen LogP contribution in [0.1, 0.15) is 26.3 Å². The van der Waals surface area contributed by atoms with E-state index in [0.29, 0.717) is 12.1 Å². The maximum absolute atomic E-state index is 12.7. The number of rotatable bonds is 4. The molecule has 0 saturated carbocycles. The summed E-state index contributed by atoms with van der Waals surface area (Å²) in [4.78, 5) is 26.3. The zero-order chi connectivity index (χ0) is 16.3. The summed E-state index contributed by atoms with van der Waals surface area (Å²) >= 11 is 0. The van der Waals surface area contributed by atoms with Gasteiger partial charge < -0.3 is 9.64 Å². The van der Waals surface area contributed by atoms with Crippen LogP contribution in [0.4, 0.5) is 5.69 Å². The normalized spacial score (nSPS) is 15.6. The maximum Gasteiger partial charge on any atom is 0.349 e. The molecule has 0 spiro atoms. The Morgan fingerprint density at radius 3 is 2.64 bits per heavy atom. The highest BCUT2D eigenvalue weighted by molar-refractivity contribution is 6.36. The molecule has 0 aliphatic carbocycles. The molecule has 1 aliphatic rings. The predicted octanol–water partition coefficient (Wildman–Crippen LogP) is 2.53. The lowest BCUT2D eigenvalue weighted by Gasteiger charge is -2.19. The van der Waals surface area contributed by atoms with E-state index in [2.05, 4.69) is 0 Å². The third kappa shape index (κ3) is 2.73. The van der Waals surface area contributed by atoms with E-state index >= 15 is 0 Å². The number of carbonyl (C=O) groups is 2. The van der Waals surface area contributed by atoms with Crippen molar-refractivity contribution < 1.29 is 14.3 Å². The van der Waals surface area contributed by atoms with E-state index in [0.717, 1.165) is 5.69 Å². The van der Waals surface area contributed by atoms with E-state index < -0.39 is 5.97 Å². The molecular formula is C17H18N2O3. The number of esters is 1. The molecule has 0 aromatic heterocycles. The molecule has 0 atom stereocenters. The monoisotopic (exact) mass is 298 g/mol. The number of amides is 1. The van der Waals surface area contributed by atoms with Crippen LogP contribution in [0.5, 0.6) is 0 Å². The Balaban J connectivity index is 2.60. The second-order valence-electron chi connectivity index (χ2n) is 5.41. The SMILES string of the molecule is CCOC(=O)/C(C#N)=C1\C(=O)N(CC(C)C)c2ccccc21. The van der Waals surface area contributed by atoms with Crippen LogP contribution >= 0.6 is 0 Å². The summed E-state index contributed by atoms with van der Waals surface area (Å²) < 4.78 is 4.90. The zero-order valence-corrected chi connectivity index (χ0v) is 12.9. The van der Waals surface area contributed by atoms with Crippen molar-refractivity contribution in [1.29, 1.82) is 5.26 Å². The van der Waals surface area contributed by atoms with Crippen molar-refractivity contribution in [3.05, 3.63) is 35.4 Å². The van der Waals surface area contributed by atoms with Gasteiger partial charge in [-0.25, -0.2) is 4.79 Å². The van der Waals surface area contributed by atoms with E-state index in [4.69, 9.17) is 4.74 Å². The lowest BCUT2D eigenvalue weighted by Crippen LogP contribution is -2.30. The molecule has 5 nitrogen and oxygen atoms in total. The van der Waals surface area contributed by atoms with Crippen LogP contribution in [0, 0.1) is 17.2 Å². The Hall–Kier alpha value is -2.61. The Labute approximate surface area is 129 Å². The molecule has 22 heavy (non-hydrogen) atoms. The van der Waals surface area contributed by atoms with Crippen LogP contribution in [-0.4, -0.2) is 25.0 Å². The van der Waals surface area contributed by atoms with Gasteiger partial charge in [-0.15, -0.1) is 0 Å². The molecule has 0 fully saturated rings. The average Bonchev–Trinajstić information content (AvgIpc) is 2.74. The third-order valence-corrected chi connectivity index (χ3v) is 3.31. The quantitative estimate of drug-likeness (QED) is 0.486. The van der Waals surface area contributed by atoms with Gasteiger partial charge in [0.05, 0.1) is 17.9 Å². The van der Waals surface area contributed by atoms with Gasteiger partial charge in [-0.2, -0.15) is 5.26 Å². The molecule has 0 radical (unpaired) electrons. The molecule has 1 heterocycles. The molecule has 1 aliphatic heterocycles. The number of nitrogens with zero attached hydrogens (tertiary/aromatic N) is 2. The summed E-state index contributed by atoms with van der Waals surface area (Å²) in [5.74, 6) is -0.807. The van der Waals surface area contributed by atoms with E-state index in [1.54, 1.807) is 24.0 Å². The number of anilines is 1. The van der Waals surface area contributed by atoms with E-state index in [-0.39, 0.29) is 29.6 Å². The summed E-state index contributed by atoms with van der Waals surface area (Å²) in [6, 6.07) is 9.02. The van der Waals surface area contributed by atoms with E-state index in [1.165, 1.54) is 0 Å². The topological polar surface area (TPSA) is 70.4 Å². The first-order valence-corrected chi connectivity index (χ1v) is 7.24. The Morgan fingerprint density at radius 2 is 2.05 bits per heavy atom. The molecule has 0 unspecified atom stereocenters. The standard InChI is InChI=1S/C17H18N2O3/c1-4-22-17(21)13(9-18)15-12-7-5-6-8-14(12)19(16(15)20)10-11(2)3/h5-8,11H,4,10H2,1-3H3/b15-13-. The van der Waals surface area contributed by atoms with Gasteiger partial charge in [0.25, 0.3) is 5.91 Å². The molecule has 114 valence electrons. The van der Waals surface area contributed by atoms with Crippen molar-refractivity contribution in [1.82, 2.24) is 0 Å². The van der Waals surface area contributed by atoms with E-state index in [9.17, 15) is 14.9 Å².